The molecule has 0 amide bonds. The molecular weight excluding hydrogens is 224 g/mol. The van der Waals surface area contributed by atoms with E-state index in [1.165, 1.54) is 22.2 Å². The standard InChI is InChI=1S/C15H22N2O/c1-9-6-13-12(8-10(2)16)11(3)17(4)15(13)14(7-9)18-5/h6-7,10H,8,16H2,1-5H3. The third-order valence-electron chi connectivity index (χ3n) is 3.57. The number of benzene rings is 1. The highest BCUT2D eigenvalue weighted by atomic mass is 16.5. The maximum absolute atomic E-state index is 5.96. The summed E-state index contributed by atoms with van der Waals surface area (Å²) in [6, 6.07) is 4.47. The van der Waals surface area contributed by atoms with Crippen molar-refractivity contribution >= 4 is 10.9 Å². The van der Waals surface area contributed by atoms with E-state index in [0.29, 0.717) is 0 Å². The van der Waals surface area contributed by atoms with Crippen LogP contribution in [0.2, 0.25) is 0 Å². The van der Waals surface area contributed by atoms with Gasteiger partial charge in [0.15, 0.2) is 0 Å². The fourth-order valence-corrected chi connectivity index (χ4v) is 2.62. The Morgan fingerprint density at radius 2 is 2.00 bits per heavy atom. The van der Waals surface area contributed by atoms with Gasteiger partial charge in [-0.1, -0.05) is 0 Å². The van der Waals surface area contributed by atoms with Crippen LogP contribution in [0, 0.1) is 13.8 Å². The molecule has 1 unspecified atom stereocenters. The summed E-state index contributed by atoms with van der Waals surface area (Å²) in [6.45, 7) is 6.29. The van der Waals surface area contributed by atoms with Gasteiger partial charge in [0, 0.05) is 24.2 Å². The molecule has 2 rings (SSSR count). The van der Waals surface area contributed by atoms with Crippen LogP contribution < -0.4 is 10.5 Å². The molecule has 0 radical (unpaired) electrons. The van der Waals surface area contributed by atoms with Crippen molar-refractivity contribution in [3.05, 3.63) is 29.0 Å². The van der Waals surface area contributed by atoms with Crippen LogP contribution in [0.4, 0.5) is 0 Å². The second-order valence-electron chi connectivity index (χ2n) is 5.17. The Hall–Kier alpha value is -1.48. The number of nitrogens with zero attached hydrogens (tertiary/aromatic N) is 1. The van der Waals surface area contributed by atoms with Crippen molar-refractivity contribution in [1.29, 1.82) is 0 Å². The highest BCUT2D eigenvalue weighted by Crippen LogP contribution is 2.33. The molecule has 0 aliphatic rings. The van der Waals surface area contributed by atoms with Gasteiger partial charge in [-0.3, -0.25) is 0 Å². The Morgan fingerprint density at radius 1 is 1.33 bits per heavy atom. The average molecular weight is 246 g/mol. The van der Waals surface area contributed by atoms with E-state index >= 15 is 0 Å². The predicted molar refractivity (Wildman–Crippen MR) is 76.3 cm³/mol. The minimum absolute atomic E-state index is 0.167. The Bertz CT molecular complexity index is 582. The molecule has 1 heterocycles. The second kappa shape index (κ2) is 4.65. The van der Waals surface area contributed by atoms with Gasteiger partial charge in [-0.25, -0.2) is 0 Å². The van der Waals surface area contributed by atoms with E-state index in [4.69, 9.17) is 10.5 Å². The molecule has 1 aromatic heterocycles. The van der Waals surface area contributed by atoms with Crippen LogP contribution in [0.25, 0.3) is 10.9 Å². The summed E-state index contributed by atoms with van der Waals surface area (Å²) in [6.07, 6.45) is 0.899. The summed E-state index contributed by atoms with van der Waals surface area (Å²) in [4.78, 5) is 0. The lowest BCUT2D eigenvalue weighted by Crippen LogP contribution is -2.18. The first-order chi connectivity index (χ1) is 8.45. The van der Waals surface area contributed by atoms with E-state index in [2.05, 4.69) is 37.6 Å². The molecular formula is C15H22N2O. The smallest absolute Gasteiger partial charge is 0.143 e. The fourth-order valence-electron chi connectivity index (χ4n) is 2.62. The topological polar surface area (TPSA) is 40.2 Å². The van der Waals surface area contributed by atoms with Crippen LogP contribution in [0.15, 0.2) is 12.1 Å². The van der Waals surface area contributed by atoms with Crippen molar-refractivity contribution in [3.63, 3.8) is 0 Å². The van der Waals surface area contributed by atoms with Crippen LogP contribution in [-0.4, -0.2) is 17.7 Å². The third kappa shape index (κ3) is 1.99. The van der Waals surface area contributed by atoms with Crippen LogP contribution in [0.1, 0.15) is 23.7 Å². The van der Waals surface area contributed by atoms with Crippen LogP contribution in [-0.2, 0) is 13.5 Å². The van der Waals surface area contributed by atoms with Crippen LogP contribution in [0.3, 0.4) is 0 Å². The van der Waals surface area contributed by atoms with Gasteiger partial charge in [-0.2, -0.15) is 0 Å². The Balaban J connectivity index is 2.79. The first kappa shape index (κ1) is 13.0. The third-order valence-corrected chi connectivity index (χ3v) is 3.57. The number of rotatable bonds is 3. The SMILES string of the molecule is COc1cc(C)cc2c(CC(C)N)c(C)n(C)c12. The number of nitrogens with two attached hydrogens (primary N) is 1. The molecule has 0 saturated heterocycles. The average Bonchev–Trinajstić information content (AvgIpc) is 2.53. The lowest BCUT2D eigenvalue weighted by atomic mass is 10.0. The zero-order valence-corrected chi connectivity index (χ0v) is 11.9. The number of methoxy groups -OCH3 is 1. The van der Waals surface area contributed by atoms with Crippen LogP contribution in [0.5, 0.6) is 5.75 Å². The molecule has 2 N–H and O–H groups in total. The van der Waals surface area contributed by atoms with Crippen molar-refractivity contribution in [2.75, 3.05) is 7.11 Å². The molecule has 0 aliphatic heterocycles. The normalized spacial score (nSPS) is 13.0. The molecule has 3 nitrogen and oxygen atoms in total. The van der Waals surface area contributed by atoms with Gasteiger partial charge in [0.1, 0.15) is 5.75 Å². The number of hydrogen-bond acceptors (Lipinski definition) is 2. The van der Waals surface area contributed by atoms with E-state index in [9.17, 15) is 0 Å². The maximum Gasteiger partial charge on any atom is 0.143 e. The minimum Gasteiger partial charge on any atom is -0.495 e. The van der Waals surface area contributed by atoms with E-state index in [-0.39, 0.29) is 6.04 Å². The number of ether oxygens (including phenoxy) is 1. The number of aryl methyl sites for hydroxylation is 2. The Kier molecular flexibility index (Phi) is 3.35. The summed E-state index contributed by atoms with van der Waals surface area (Å²) < 4.78 is 7.71. The monoisotopic (exact) mass is 246 g/mol. The van der Waals surface area contributed by atoms with Gasteiger partial charge < -0.3 is 15.0 Å². The highest BCUT2D eigenvalue weighted by molar-refractivity contribution is 5.91. The molecule has 2 aromatic rings. The largest absolute Gasteiger partial charge is 0.495 e. The Labute approximate surface area is 109 Å². The fraction of sp³-hybridized carbons (Fsp3) is 0.467. The number of fused-ring (bicyclic) bond motifs is 1. The zero-order chi connectivity index (χ0) is 13.4. The molecule has 0 saturated carbocycles. The molecule has 0 bridgehead atoms. The lowest BCUT2D eigenvalue weighted by Gasteiger charge is -2.07. The van der Waals surface area contributed by atoms with E-state index in [1.807, 2.05) is 6.92 Å². The van der Waals surface area contributed by atoms with Crippen molar-refractivity contribution in [2.45, 2.75) is 33.2 Å². The summed E-state index contributed by atoms with van der Waals surface area (Å²) >= 11 is 0. The lowest BCUT2D eigenvalue weighted by molar-refractivity contribution is 0.417. The summed E-state index contributed by atoms with van der Waals surface area (Å²) in [5.74, 6) is 0.937. The summed E-state index contributed by atoms with van der Waals surface area (Å²) in [5, 5.41) is 1.27. The molecule has 3 heteroatoms. The van der Waals surface area contributed by atoms with Crippen molar-refractivity contribution in [1.82, 2.24) is 4.57 Å². The van der Waals surface area contributed by atoms with E-state index in [1.54, 1.807) is 7.11 Å². The maximum atomic E-state index is 5.96. The van der Waals surface area contributed by atoms with Gasteiger partial charge in [-0.05, 0) is 50.5 Å². The van der Waals surface area contributed by atoms with Crippen LogP contribution >= 0.6 is 0 Å². The van der Waals surface area contributed by atoms with Crippen molar-refractivity contribution in [2.24, 2.45) is 12.8 Å². The molecule has 0 fully saturated rings. The minimum atomic E-state index is 0.167. The predicted octanol–water partition coefficient (Wildman–Crippen LogP) is 2.69. The van der Waals surface area contributed by atoms with E-state index in [0.717, 1.165) is 17.7 Å². The number of hydrogen-bond donors (Lipinski definition) is 1. The molecule has 1 atom stereocenters. The Morgan fingerprint density at radius 3 is 2.56 bits per heavy atom. The van der Waals surface area contributed by atoms with Gasteiger partial charge in [0.25, 0.3) is 0 Å². The van der Waals surface area contributed by atoms with Gasteiger partial charge in [0.2, 0.25) is 0 Å². The first-order valence-corrected chi connectivity index (χ1v) is 6.33. The molecule has 0 spiro atoms. The quantitative estimate of drug-likeness (QED) is 0.904. The van der Waals surface area contributed by atoms with Crippen molar-refractivity contribution in [3.8, 4) is 5.75 Å². The second-order valence-corrected chi connectivity index (χ2v) is 5.17. The molecule has 98 valence electrons. The molecule has 18 heavy (non-hydrogen) atoms. The summed E-state index contributed by atoms with van der Waals surface area (Å²) in [5.41, 5.74) is 11.0. The molecule has 0 aliphatic carbocycles. The first-order valence-electron chi connectivity index (χ1n) is 6.33. The number of aromatic nitrogens is 1. The molecule has 1 aromatic carbocycles. The van der Waals surface area contributed by atoms with E-state index < -0.39 is 0 Å². The highest BCUT2D eigenvalue weighted by Gasteiger charge is 2.16. The van der Waals surface area contributed by atoms with Gasteiger partial charge in [0.05, 0.1) is 12.6 Å². The zero-order valence-electron chi connectivity index (χ0n) is 11.9. The summed E-state index contributed by atoms with van der Waals surface area (Å²) in [7, 11) is 3.81. The van der Waals surface area contributed by atoms with Gasteiger partial charge in [-0.15, -0.1) is 0 Å². The van der Waals surface area contributed by atoms with Crippen molar-refractivity contribution < 1.29 is 4.74 Å². The van der Waals surface area contributed by atoms with Gasteiger partial charge >= 0.3 is 0 Å².